The lowest BCUT2D eigenvalue weighted by molar-refractivity contribution is 0.0920. The van der Waals surface area contributed by atoms with Crippen LogP contribution >= 0.6 is 0 Å². The Morgan fingerprint density at radius 3 is 2.95 bits per heavy atom. The fourth-order valence-electron chi connectivity index (χ4n) is 2.57. The minimum absolute atomic E-state index is 0.107. The van der Waals surface area contributed by atoms with E-state index in [1.165, 1.54) is 0 Å². The second-order valence-electron chi connectivity index (χ2n) is 5.17. The van der Waals surface area contributed by atoms with Crippen LogP contribution < -0.4 is 16.4 Å². The first-order valence-corrected chi connectivity index (χ1v) is 6.95. The summed E-state index contributed by atoms with van der Waals surface area (Å²) in [5, 5.41) is 6.17. The summed E-state index contributed by atoms with van der Waals surface area (Å²) in [6.45, 7) is 1.75. The van der Waals surface area contributed by atoms with Gasteiger partial charge in [-0.15, -0.1) is 0 Å². The normalized spacial score (nSPS) is 18.6. The van der Waals surface area contributed by atoms with Crippen LogP contribution in [-0.2, 0) is 0 Å². The first-order valence-electron chi connectivity index (χ1n) is 6.95. The molecule has 110 valence electrons. The van der Waals surface area contributed by atoms with E-state index in [-0.39, 0.29) is 17.8 Å². The number of hydrogen-bond donors (Lipinski definition) is 4. The Balaban J connectivity index is 1.85. The van der Waals surface area contributed by atoms with Crippen LogP contribution in [0.2, 0.25) is 0 Å². The largest absolute Gasteiger partial charge is 0.366 e. The molecule has 1 aromatic carbocycles. The van der Waals surface area contributed by atoms with E-state index in [1.807, 2.05) is 0 Å². The summed E-state index contributed by atoms with van der Waals surface area (Å²) < 4.78 is 0. The molecule has 1 aromatic heterocycles. The maximum Gasteiger partial charge on any atom is 0.287 e. The lowest BCUT2D eigenvalue weighted by Crippen LogP contribution is -2.45. The third kappa shape index (κ3) is 2.73. The number of rotatable bonds is 3. The molecule has 1 unspecified atom stereocenters. The topological polar surface area (TPSA) is 113 Å². The molecule has 7 nitrogen and oxygen atoms in total. The van der Waals surface area contributed by atoms with Crippen molar-refractivity contribution in [3.8, 4) is 0 Å². The Labute approximate surface area is 121 Å². The molecule has 2 amide bonds. The number of para-hydroxylation sites is 1. The van der Waals surface area contributed by atoms with E-state index in [2.05, 4.69) is 20.6 Å². The van der Waals surface area contributed by atoms with Crippen LogP contribution in [0.1, 0.15) is 33.8 Å². The number of carbonyl (C=O) groups excluding carboxylic acids is 2. The van der Waals surface area contributed by atoms with Crippen LogP contribution in [0, 0.1) is 0 Å². The van der Waals surface area contributed by atoms with Crippen LogP contribution in [0.15, 0.2) is 18.2 Å². The Morgan fingerprint density at radius 2 is 2.24 bits per heavy atom. The molecule has 1 aliphatic heterocycles. The standard InChI is InChI=1S/C14H17N5O2/c15-12(20)9-4-1-5-10-11(9)19-13(18-10)14(21)17-8-3-2-6-16-7-8/h1,4-5,8,16H,2-3,6-7H2,(H2,15,20)(H,17,21)(H,18,19). The van der Waals surface area contributed by atoms with Gasteiger partial charge in [0.05, 0.1) is 11.1 Å². The summed E-state index contributed by atoms with van der Waals surface area (Å²) in [5.41, 5.74) is 6.67. The van der Waals surface area contributed by atoms with Gasteiger partial charge in [0.15, 0.2) is 5.82 Å². The number of fused-ring (bicyclic) bond motifs is 1. The number of primary amides is 1. The van der Waals surface area contributed by atoms with E-state index >= 15 is 0 Å². The van der Waals surface area contributed by atoms with Gasteiger partial charge >= 0.3 is 0 Å². The number of nitrogens with zero attached hydrogens (tertiary/aromatic N) is 1. The molecule has 0 spiro atoms. The van der Waals surface area contributed by atoms with Gasteiger partial charge in [0.2, 0.25) is 0 Å². The molecule has 21 heavy (non-hydrogen) atoms. The van der Waals surface area contributed by atoms with Gasteiger partial charge in [-0.3, -0.25) is 9.59 Å². The summed E-state index contributed by atoms with van der Waals surface area (Å²) >= 11 is 0. The number of nitrogens with one attached hydrogen (secondary N) is 3. The van der Waals surface area contributed by atoms with Crippen molar-refractivity contribution in [1.29, 1.82) is 0 Å². The molecule has 0 saturated carbocycles. The van der Waals surface area contributed by atoms with Crippen LogP contribution in [0.5, 0.6) is 0 Å². The molecular formula is C14H17N5O2. The Morgan fingerprint density at radius 1 is 1.38 bits per heavy atom. The van der Waals surface area contributed by atoms with Gasteiger partial charge in [-0.25, -0.2) is 4.98 Å². The van der Waals surface area contributed by atoms with E-state index in [9.17, 15) is 9.59 Å². The van der Waals surface area contributed by atoms with Gasteiger partial charge in [-0.2, -0.15) is 0 Å². The van der Waals surface area contributed by atoms with Crippen molar-refractivity contribution >= 4 is 22.8 Å². The number of aromatic amines is 1. The molecule has 1 aliphatic rings. The Bertz CT molecular complexity index is 688. The van der Waals surface area contributed by atoms with E-state index in [0.717, 1.165) is 25.9 Å². The number of benzene rings is 1. The number of H-pyrrole nitrogens is 1. The van der Waals surface area contributed by atoms with Crippen molar-refractivity contribution in [2.75, 3.05) is 13.1 Å². The Kier molecular flexibility index (Phi) is 3.57. The quantitative estimate of drug-likeness (QED) is 0.643. The number of piperidine rings is 1. The zero-order valence-corrected chi connectivity index (χ0v) is 11.5. The zero-order valence-electron chi connectivity index (χ0n) is 11.5. The molecule has 7 heteroatoms. The van der Waals surface area contributed by atoms with E-state index in [4.69, 9.17) is 5.73 Å². The third-order valence-corrected chi connectivity index (χ3v) is 3.63. The van der Waals surface area contributed by atoms with Gasteiger partial charge in [0, 0.05) is 12.6 Å². The SMILES string of the molecule is NC(=O)c1cccc2[nH]c(C(=O)NC3CCCNC3)nc12. The molecule has 0 bridgehead atoms. The van der Waals surface area contributed by atoms with Gasteiger partial charge in [-0.1, -0.05) is 6.07 Å². The minimum Gasteiger partial charge on any atom is -0.366 e. The van der Waals surface area contributed by atoms with Crippen molar-refractivity contribution in [3.63, 3.8) is 0 Å². The summed E-state index contributed by atoms with van der Waals surface area (Å²) in [5.74, 6) is -0.630. The minimum atomic E-state index is -0.560. The van der Waals surface area contributed by atoms with Crippen molar-refractivity contribution in [3.05, 3.63) is 29.6 Å². The van der Waals surface area contributed by atoms with Crippen LogP contribution in [-0.4, -0.2) is 40.9 Å². The smallest absolute Gasteiger partial charge is 0.287 e. The van der Waals surface area contributed by atoms with Gasteiger partial charge in [0.25, 0.3) is 11.8 Å². The molecule has 3 rings (SSSR count). The highest BCUT2D eigenvalue weighted by atomic mass is 16.2. The fraction of sp³-hybridized carbons (Fsp3) is 0.357. The van der Waals surface area contributed by atoms with Gasteiger partial charge < -0.3 is 21.4 Å². The van der Waals surface area contributed by atoms with Crippen molar-refractivity contribution in [2.45, 2.75) is 18.9 Å². The monoisotopic (exact) mass is 287 g/mol. The van der Waals surface area contributed by atoms with Gasteiger partial charge in [0.1, 0.15) is 5.52 Å². The first-order chi connectivity index (χ1) is 10.1. The summed E-state index contributed by atoms with van der Waals surface area (Å²) in [6.07, 6.45) is 1.99. The lowest BCUT2D eigenvalue weighted by Gasteiger charge is -2.23. The number of amides is 2. The average molecular weight is 287 g/mol. The average Bonchev–Trinajstić information content (AvgIpc) is 2.92. The highest BCUT2D eigenvalue weighted by molar-refractivity contribution is 6.05. The maximum atomic E-state index is 12.2. The van der Waals surface area contributed by atoms with Crippen molar-refractivity contribution in [2.24, 2.45) is 5.73 Å². The predicted molar refractivity (Wildman–Crippen MR) is 78.0 cm³/mol. The van der Waals surface area contributed by atoms with Crippen molar-refractivity contribution in [1.82, 2.24) is 20.6 Å². The maximum absolute atomic E-state index is 12.2. The number of imidazole rings is 1. The van der Waals surface area contributed by atoms with Crippen molar-refractivity contribution < 1.29 is 9.59 Å². The number of hydrogen-bond acceptors (Lipinski definition) is 4. The molecule has 1 atom stereocenters. The third-order valence-electron chi connectivity index (χ3n) is 3.63. The molecule has 0 radical (unpaired) electrons. The highest BCUT2D eigenvalue weighted by Crippen LogP contribution is 2.16. The molecule has 1 saturated heterocycles. The predicted octanol–water partition coefficient (Wildman–Crippen LogP) is 0.144. The molecule has 2 aromatic rings. The molecule has 0 aliphatic carbocycles. The Hall–Kier alpha value is -2.41. The van der Waals surface area contributed by atoms with Gasteiger partial charge in [-0.05, 0) is 31.5 Å². The molecular weight excluding hydrogens is 270 g/mol. The number of carbonyl (C=O) groups is 2. The first kappa shape index (κ1) is 13.6. The second-order valence-corrected chi connectivity index (χ2v) is 5.17. The van der Waals surface area contributed by atoms with Crippen LogP contribution in [0.25, 0.3) is 11.0 Å². The summed E-state index contributed by atoms with van der Waals surface area (Å²) in [4.78, 5) is 30.7. The zero-order chi connectivity index (χ0) is 14.8. The van der Waals surface area contributed by atoms with E-state index in [1.54, 1.807) is 18.2 Å². The van der Waals surface area contributed by atoms with E-state index < -0.39 is 5.91 Å². The summed E-state index contributed by atoms with van der Waals surface area (Å²) in [6, 6.07) is 5.16. The van der Waals surface area contributed by atoms with Crippen LogP contribution in [0.3, 0.4) is 0 Å². The number of aromatic nitrogens is 2. The highest BCUT2D eigenvalue weighted by Gasteiger charge is 2.19. The fourth-order valence-corrected chi connectivity index (χ4v) is 2.57. The van der Waals surface area contributed by atoms with Crippen LogP contribution in [0.4, 0.5) is 0 Å². The second kappa shape index (κ2) is 5.53. The molecule has 5 N–H and O–H groups in total. The summed E-state index contributed by atoms with van der Waals surface area (Å²) in [7, 11) is 0. The van der Waals surface area contributed by atoms with E-state index in [0.29, 0.717) is 16.6 Å². The lowest BCUT2D eigenvalue weighted by atomic mass is 10.1. The molecule has 1 fully saturated rings. The number of nitrogens with two attached hydrogens (primary N) is 1. The molecule has 2 heterocycles.